The molecule has 70 valence electrons. The van der Waals surface area contributed by atoms with Gasteiger partial charge in [-0.3, -0.25) is 4.90 Å². The summed E-state index contributed by atoms with van der Waals surface area (Å²) in [5, 5.41) is 0.728. The van der Waals surface area contributed by atoms with E-state index in [0.717, 1.165) is 29.2 Å². The third-order valence-electron chi connectivity index (χ3n) is 2.43. The van der Waals surface area contributed by atoms with E-state index in [-0.39, 0.29) is 0 Å². The van der Waals surface area contributed by atoms with Gasteiger partial charge in [0.25, 0.3) is 0 Å². The van der Waals surface area contributed by atoms with Gasteiger partial charge in [0.2, 0.25) is 0 Å². The molecule has 0 unspecified atom stereocenters. The molecule has 0 amide bonds. The van der Waals surface area contributed by atoms with E-state index in [1.807, 2.05) is 7.05 Å². The number of hydrogen-bond acceptors (Lipinski definition) is 3. The number of nitrogens with two attached hydrogens (primary N) is 2. The molecular formula is C9H12ClN3. The van der Waals surface area contributed by atoms with Gasteiger partial charge in [-0.1, -0.05) is 11.6 Å². The Labute approximate surface area is 82.3 Å². The van der Waals surface area contributed by atoms with Crippen LogP contribution in [0.3, 0.4) is 0 Å². The second-order valence-corrected chi connectivity index (χ2v) is 3.90. The van der Waals surface area contributed by atoms with Crippen LogP contribution in [0.5, 0.6) is 0 Å². The Morgan fingerprint density at radius 3 is 2.62 bits per heavy atom. The molecule has 0 atom stereocenters. The second kappa shape index (κ2) is 2.79. The maximum atomic E-state index is 6.05. The third-order valence-corrected chi connectivity index (χ3v) is 2.76. The molecule has 0 fully saturated rings. The van der Waals surface area contributed by atoms with Crippen molar-refractivity contribution in [1.29, 1.82) is 0 Å². The van der Waals surface area contributed by atoms with Crippen molar-refractivity contribution in [2.75, 3.05) is 18.5 Å². The summed E-state index contributed by atoms with van der Waals surface area (Å²) in [6.07, 6.45) is 0. The Morgan fingerprint density at radius 1 is 1.31 bits per heavy atom. The number of nitrogen functional groups attached to an aromatic ring is 2. The quantitative estimate of drug-likeness (QED) is 0.619. The van der Waals surface area contributed by atoms with Crippen LogP contribution in [-0.2, 0) is 13.1 Å². The van der Waals surface area contributed by atoms with E-state index in [4.69, 9.17) is 23.1 Å². The highest BCUT2D eigenvalue weighted by atomic mass is 35.5. The predicted molar refractivity (Wildman–Crippen MR) is 55.4 cm³/mol. The normalized spacial score (nSPS) is 16.2. The van der Waals surface area contributed by atoms with Crippen LogP contribution in [0, 0.1) is 0 Å². The lowest BCUT2D eigenvalue weighted by Crippen LogP contribution is -2.08. The molecule has 2 rings (SSSR count). The zero-order chi connectivity index (χ0) is 9.59. The molecule has 1 aromatic carbocycles. The number of nitrogens with zero attached hydrogens (tertiary/aromatic N) is 1. The monoisotopic (exact) mass is 197 g/mol. The molecule has 1 heterocycles. The number of anilines is 2. The van der Waals surface area contributed by atoms with Crippen LogP contribution < -0.4 is 11.5 Å². The molecule has 0 aromatic heterocycles. The zero-order valence-corrected chi connectivity index (χ0v) is 8.23. The number of hydrogen-bond donors (Lipinski definition) is 2. The number of rotatable bonds is 0. The van der Waals surface area contributed by atoms with Crippen molar-refractivity contribution in [3.63, 3.8) is 0 Å². The number of halogens is 1. The molecule has 4 N–H and O–H groups in total. The summed E-state index contributed by atoms with van der Waals surface area (Å²) in [6, 6.07) is 1.73. The largest absolute Gasteiger partial charge is 0.397 e. The first kappa shape index (κ1) is 8.66. The minimum absolute atomic E-state index is 0.582. The Bertz CT molecular complexity index is 362. The van der Waals surface area contributed by atoms with E-state index in [9.17, 15) is 0 Å². The van der Waals surface area contributed by atoms with Crippen molar-refractivity contribution in [2.45, 2.75) is 13.1 Å². The fraction of sp³-hybridized carbons (Fsp3) is 0.333. The van der Waals surface area contributed by atoms with Crippen molar-refractivity contribution in [1.82, 2.24) is 4.90 Å². The van der Waals surface area contributed by atoms with Crippen molar-refractivity contribution >= 4 is 23.0 Å². The van der Waals surface area contributed by atoms with Crippen LogP contribution in [0.2, 0.25) is 5.02 Å². The first-order valence-corrected chi connectivity index (χ1v) is 4.51. The van der Waals surface area contributed by atoms with E-state index in [0.29, 0.717) is 11.4 Å². The molecule has 1 aliphatic rings. The standard InChI is InChI=1S/C9H12ClN3/c1-13-3-5-6(4-13)9(12)8(11)2-7(5)10/h2H,3-4,11-12H2,1H3. The average molecular weight is 198 g/mol. The van der Waals surface area contributed by atoms with E-state index in [1.54, 1.807) is 6.07 Å². The first-order valence-electron chi connectivity index (χ1n) is 4.13. The summed E-state index contributed by atoms with van der Waals surface area (Å²) in [5.41, 5.74) is 15.0. The third kappa shape index (κ3) is 1.24. The predicted octanol–water partition coefficient (Wildman–Crippen LogP) is 1.45. The second-order valence-electron chi connectivity index (χ2n) is 3.49. The fourth-order valence-corrected chi connectivity index (χ4v) is 2.02. The molecule has 0 aliphatic carbocycles. The molecular weight excluding hydrogens is 186 g/mol. The molecule has 0 saturated heterocycles. The van der Waals surface area contributed by atoms with Gasteiger partial charge in [0.15, 0.2) is 0 Å². The molecule has 0 spiro atoms. The van der Waals surface area contributed by atoms with Crippen molar-refractivity contribution < 1.29 is 0 Å². The van der Waals surface area contributed by atoms with Crippen LogP contribution >= 0.6 is 11.6 Å². The van der Waals surface area contributed by atoms with E-state index < -0.39 is 0 Å². The van der Waals surface area contributed by atoms with Gasteiger partial charge < -0.3 is 11.5 Å². The molecule has 13 heavy (non-hydrogen) atoms. The van der Waals surface area contributed by atoms with Crippen LogP contribution in [0.15, 0.2) is 6.07 Å². The van der Waals surface area contributed by atoms with Gasteiger partial charge in [-0.05, 0) is 24.2 Å². The zero-order valence-electron chi connectivity index (χ0n) is 7.47. The summed E-state index contributed by atoms with van der Waals surface area (Å²) < 4.78 is 0. The smallest absolute Gasteiger partial charge is 0.0597 e. The highest BCUT2D eigenvalue weighted by Crippen LogP contribution is 2.36. The molecule has 1 aromatic rings. The summed E-state index contributed by atoms with van der Waals surface area (Å²) in [6.45, 7) is 1.70. The maximum absolute atomic E-state index is 6.05. The topological polar surface area (TPSA) is 55.3 Å². The highest BCUT2D eigenvalue weighted by molar-refractivity contribution is 6.32. The number of fused-ring (bicyclic) bond motifs is 1. The fourth-order valence-electron chi connectivity index (χ4n) is 1.73. The Morgan fingerprint density at radius 2 is 1.92 bits per heavy atom. The Hall–Kier alpha value is -0.930. The van der Waals surface area contributed by atoms with Gasteiger partial charge in [-0.15, -0.1) is 0 Å². The molecule has 1 aliphatic heterocycles. The lowest BCUT2D eigenvalue weighted by atomic mass is 10.1. The summed E-state index contributed by atoms with van der Waals surface area (Å²) >= 11 is 6.05. The number of benzene rings is 1. The SMILES string of the molecule is CN1Cc2c(Cl)cc(N)c(N)c2C1. The lowest BCUT2D eigenvalue weighted by molar-refractivity contribution is 0.353. The van der Waals surface area contributed by atoms with Gasteiger partial charge in [-0.25, -0.2) is 0 Å². The Kier molecular flexibility index (Phi) is 1.86. The summed E-state index contributed by atoms with van der Waals surface area (Å²) in [5.74, 6) is 0. The molecule has 4 heteroatoms. The van der Waals surface area contributed by atoms with Gasteiger partial charge in [0.05, 0.1) is 11.4 Å². The maximum Gasteiger partial charge on any atom is 0.0597 e. The van der Waals surface area contributed by atoms with Crippen LogP contribution in [0.25, 0.3) is 0 Å². The van der Waals surface area contributed by atoms with Crippen LogP contribution in [0.1, 0.15) is 11.1 Å². The molecule has 0 saturated carbocycles. The summed E-state index contributed by atoms with van der Waals surface area (Å²) in [4.78, 5) is 2.16. The van der Waals surface area contributed by atoms with Gasteiger partial charge in [0.1, 0.15) is 0 Å². The Balaban J connectivity index is 2.62. The van der Waals surface area contributed by atoms with E-state index in [1.165, 1.54) is 0 Å². The molecule has 3 nitrogen and oxygen atoms in total. The van der Waals surface area contributed by atoms with Crippen molar-refractivity contribution in [3.8, 4) is 0 Å². The minimum Gasteiger partial charge on any atom is -0.397 e. The highest BCUT2D eigenvalue weighted by Gasteiger charge is 2.22. The lowest BCUT2D eigenvalue weighted by Gasteiger charge is -2.07. The van der Waals surface area contributed by atoms with E-state index >= 15 is 0 Å². The first-order chi connectivity index (χ1) is 6.09. The van der Waals surface area contributed by atoms with Crippen LogP contribution in [-0.4, -0.2) is 11.9 Å². The van der Waals surface area contributed by atoms with Crippen LogP contribution in [0.4, 0.5) is 11.4 Å². The van der Waals surface area contributed by atoms with Gasteiger partial charge in [-0.2, -0.15) is 0 Å². The molecule has 0 bridgehead atoms. The molecule has 0 radical (unpaired) electrons. The summed E-state index contributed by atoms with van der Waals surface area (Å²) in [7, 11) is 2.03. The van der Waals surface area contributed by atoms with Gasteiger partial charge >= 0.3 is 0 Å². The van der Waals surface area contributed by atoms with E-state index in [2.05, 4.69) is 4.90 Å². The minimum atomic E-state index is 0.582. The average Bonchev–Trinajstić information content (AvgIpc) is 2.44. The van der Waals surface area contributed by atoms with Crippen molar-refractivity contribution in [2.24, 2.45) is 0 Å². The van der Waals surface area contributed by atoms with Gasteiger partial charge in [0, 0.05) is 18.1 Å². The van der Waals surface area contributed by atoms with Crippen molar-refractivity contribution in [3.05, 3.63) is 22.2 Å².